The molecule has 0 atom stereocenters. The summed E-state index contributed by atoms with van der Waals surface area (Å²) in [5.41, 5.74) is 9.81. The molecule has 6 heteroatoms. The van der Waals surface area contributed by atoms with Crippen LogP contribution in [0.5, 0.6) is 5.75 Å². The van der Waals surface area contributed by atoms with E-state index in [4.69, 9.17) is 10.5 Å². The van der Waals surface area contributed by atoms with Gasteiger partial charge in [0.05, 0.1) is 25.1 Å². The Balaban J connectivity index is 1.69. The molecule has 1 aliphatic rings. The summed E-state index contributed by atoms with van der Waals surface area (Å²) in [6.45, 7) is 5.36. The zero-order chi connectivity index (χ0) is 13.5. The molecule has 0 spiro atoms. The molecule has 0 radical (unpaired) electrons. The van der Waals surface area contributed by atoms with Gasteiger partial charge in [-0.2, -0.15) is 5.10 Å². The highest BCUT2D eigenvalue weighted by Crippen LogP contribution is 2.19. The number of aromatic hydroxyl groups is 1. The number of nitrogens with one attached hydrogen (secondary N) is 1. The number of morpholine rings is 1. The zero-order valence-electron chi connectivity index (χ0n) is 10.9. The molecule has 19 heavy (non-hydrogen) atoms. The highest BCUT2D eigenvalue weighted by Gasteiger charge is 2.08. The van der Waals surface area contributed by atoms with Crippen LogP contribution >= 0.6 is 0 Å². The van der Waals surface area contributed by atoms with Crippen LogP contribution in [0.3, 0.4) is 0 Å². The number of benzene rings is 1. The Morgan fingerprint density at radius 3 is 2.95 bits per heavy atom. The van der Waals surface area contributed by atoms with E-state index in [-0.39, 0.29) is 5.75 Å². The summed E-state index contributed by atoms with van der Waals surface area (Å²) in [4.78, 5) is 2.34. The number of hydrogen-bond donors (Lipinski definition) is 3. The number of phenolic OH excluding ortho intramolecular Hbond substituents is 1. The molecule has 0 amide bonds. The van der Waals surface area contributed by atoms with Gasteiger partial charge < -0.3 is 21.0 Å². The number of anilines is 1. The first-order valence-electron chi connectivity index (χ1n) is 6.40. The molecule has 0 unspecified atom stereocenters. The van der Waals surface area contributed by atoms with Gasteiger partial charge in [-0.15, -0.1) is 0 Å². The van der Waals surface area contributed by atoms with Gasteiger partial charge in [0.15, 0.2) is 0 Å². The normalized spacial score (nSPS) is 16.8. The third-order valence-corrected chi connectivity index (χ3v) is 3.00. The van der Waals surface area contributed by atoms with Crippen LogP contribution in [0.2, 0.25) is 0 Å². The summed E-state index contributed by atoms with van der Waals surface area (Å²) in [6.07, 6.45) is 1.69. The lowest BCUT2D eigenvalue weighted by Crippen LogP contribution is -2.39. The van der Waals surface area contributed by atoms with Crippen molar-refractivity contribution in [2.24, 2.45) is 5.10 Å². The highest BCUT2D eigenvalue weighted by atomic mass is 16.5. The van der Waals surface area contributed by atoms with Crippen molar-refractivity contribution in [1.82, 2.24) is 10.3 Å². The maximum Gasteiger partial charge on any atom is 0.138 e. The van der Waals surface area contributed by atoms with E-state index in [2.05, 4.69) is 15.4 Å². The summed E-state index contributed by atoms with van der Waals surface area (Å²) >= 11 is 0. The summed E-state index contributed by atoms with van der Waals surface area (Å²) < 4.78 is 5.28. The molecule has 4 N–H and O–H groups in total. The molecular formula is C13H20N4O2. The molecule has 2 rings (SSSR count). The molecule has 104 valence electrons. The van der Waals surface area contributed by atoms with Crippen molar-refractivity contribution in [3.8, 4) is 5.75 Å². The Morgan fingerprint density at radius 1 is 1.42 bits per heavy atom. The van der Waals surface area contributed by atoms with Crippen molar-refractivity contribution >= 4 is 11.9 Å². The molecule has 1 aliphatic heterocycles. The number of hydrogen-bond acceptors (Lipinski definition) is 6. The van der Waals surface area contributed by atoms with Gasteiger partial charge in [0.25, 0.3) is 0 Å². The van der Waals surface area contributed by atoms with Gasteiger partial charge in [0.1, 0.15) is 5.75 Å². The molecule has 6 nitrogen and oxygen atoms in total. The Labute approximate surface area is 112 Å². The molecule has 1 heterocycles. The second kappa shape index (κ2) is 6.96. The van der Waals surface area contributed by atoms with E-state index >= 15 is 0 Å². The maximum atomic E-state index is 9.30. The van der Waals surface area contributed by atoms with Gasteiger partial charge in [0, 0.05) is 26.2 Å². The first-order valence-corrected chi connectivity index (χ1v) is 6.40. The second-order valence-corrected chi connectivity index (χ2v) is 4.44. The minimum absolute atomic E-state index is 0.0948. The van der Waals surface area contributed by atoms with Crippen molar-refractivity contribution in [3.63, 3.8) is 0 Å². The molecule has 0 aliphatic carbocycles. The van der Waals surface area contributed by atoms with Gasteiger partial charge in [-0.05, 0) is 23.8 Å². The van der Waals surface area contributed by atoms with Crippen LogP contribution in [0.4, 0.5) is 5.69 Å². The minimum Gasteiger partial charge on any atom is -0.506 e. The van der Waals surface area contributed by atoms with Crippen LogP contribution in [0.1, 0.15) is 5.56 Å². The summed E-state index contributed by atoms with van der Waals surface area (Å²) in [7, 11) is 0. The van der Waals surface area contributed by atoms with Crippen molar-refractivity contribution in [3.05, 3.63) is 23.8 Å². The van der Waals surface area contributed by atoms with E-state index in [0.29, 0.717) is 5.69 Å². The lowest BCUT2D eigenvalue weighted by molar-refractivity contribution is 0.0385. The number of phenols is 1. The predicted molar refractivity (Wildman–Crippen MR) is 75.4 cm³/mol. The first-order chi connectivity index (χ1) is 9.25. The standard InChI is InChI=1S/C13H20N4O2/c14-12-9-11(1-2-13(12)18)10-16-15-3-4-17-5-7-19-8-6-17/h1-2,9-10,15,18H,3-8,14H2/b16-10+. The molecule has 1 saturated heterocycles. The lowest BCUT2D eigenvalue weighted by Gasteiger charge is -2.26. The van der Waals surface area contributed by atoms with Crippen molar-refractivity contribution in [2.75, 3.05) is 45.1 Å². The monoisotopic (exact) mass is 264 g/mol. The fraction of sp³-hybridized carbons (Fsp3) is 0.462. The smallest absolute Gasteiger partial charge is 0.138 e. The minimum atomic E-state index is 0.0948. The van der Waals surface area contributed by atoms with Crippen molar-refractivity contribution in [1.29, 1.82) is 0 Å². The van der Waals surface area contributed by atoms with Gasteiger partial charge in [0.2, 0.25) is 0 Å². The number of nitrogen functional groups attached to an aromatic ring is 1. The largest absolute Gasteiger partial charge is 0.506 e. The average molecular weight is 264 g/mol. The van der Waals surface area contributed by atoms with Crippen LogP contribution < -0.4 is 11.2 Å². The van der Waals surface area contributed by atoms with Gasteiger partial charge in [-0.25, -0.2) is 0 Å². The third kappa shape index (κ3) is 4.42. The van der Waals surface area contributed by atoms with Crippen LogP contribution in [0, 0.1) is 0 Å². The Bertz CT molecular complexity index is 431. The quantitative estimate of drug-likeness (QED) is 0.233. The average Bonchev–Trinajstić information content (AvgIpc) is 2.43. The van der Waals surface area contributed by atoms with E-state index in [1.54, 1.807) is 24.4 Å². The van der Waals surface area contributed by atoms with Crippen LogP contribution in [-0.2, 0) is 4.74 Å². The third-order valence-electron chi connectivity index (χ3n) is 3.00. The van der Waals surface area contributed by atoms with Gasteiger partial charge >= 0.3 is 0 Å². The van der Waals surface area contributed by atoms with Crippen molar-refractivity contribution in [2.45, 2.75) is 0 Å². The van der Waals surface area contributed by atoms with E-state index in [1.165, 1.54) is 0 Å². The Hall–Kier alpha value is -1.79. The lowest BCUT2D eigenvalue weighted by atomic mass is 10.2. The number of nitrogens with two attached hydrogens (primary N) is 1. The number of nitrogens with zero attached hydrogens (tertiary/aromatic N) is 2. The zero-order valence-corrected chi connectivity index (χ0v) is 10.9. The summed E-state index contributed by atoms with van der Waals surface area (Å²) in [6, 6.07) is 5.01. The topological polar surface area (TPSA) is 83.1 Å². The van der Waals surface area contributed by atoms with E-state index in [0.717, 1.165) is 45.0 Å². The van der Waals surface area contributed by atoms with E-state index in [1.807, 2.05) is 0 Å². The van der Waals surface area contributed by atoms with Gasteiger partial charge in [-0.3, -0.25) is 4.90 Å². The van der Waals surface area contributed by atoms with E-state index < -0.39 is 0 Å². The van der Waals surface area contributed by atoms with Crippen LogP contribution in [0.25, 0.3) is 0 Å². The highest BCUT2D eigenvalue weighted by molar-refractivity contribution is 5.81. The number of hydrazone groups is 1. The second-order valence-electron chi connectivity index (χ2n) is 4.44. The number of rotatable bonds is 5. The Morgan fingerprint density at radius 2 is 2.21 bits per heavy atom. The fourth-order valence-corrected chi connectivity index (χ4v) is 1.87. The molecule has 1 fully saturated rings. The molecule has 0 aromatic heterocycles. The molecular weight excluding hydrogens is 244 g/mol. The maximum absolute atomic E-state index is 9.30. The molecule has 0 bridgehead atoms. The van der Waals surface area contributed by atoms with Crippen LogP contribution in [-0.4, -0.2) is 55.6 Å². The molecule has 1 aromatic carbocycles. The molecule has 1 aromatic rings. The van der Waals surface area contributed by atoms with Crippen molar-refractivity contribution < 1.29 is 9.84 Å². The fourth-order valence-electron chi connectivity index (χ4n) is 1.87. The van der Waals surface area contributed by atoms with Crippen LogP contribution in [0.15, 0.2) is 23.3 Å². The molecule has 0 saturated carbocycles. The Kier molecular flexibility index (Phi) is 5.00. The predicted octanol–water partition coefficient (Wildman–Crippen LogP) is 0.230. The summed E-state index contributed by atoms with van der Waals surface area (Å²) in [5.74, 6) is 0.0948. The van der Waals surface area contributed by atoms with E-state index in [9.17, 15) is 5.11 Å². The SMILES string of the molecule is Nc1cc(/C=N/NCCN2CCOCC2)ccc1O. The summed E-state index contributed by atoms with van der Waals surface area (Å²) in [5, 5.41) is 13.4. The number of ether oxygens (including phenoxy) is 1. The first kappa shape index (κ1) is 13.6. The van der Waals surface area contributed by atoms with Gasteiger partial charge in [-0.1, -0.05) is 0 Å².